The van der Waals surface area contributed by atoms with E-state index in [1.165, 1.54) is 83.5 Å². The normalized spacial score (nSPS) is 14.2. The summed E-state index contributed by atoms with van der Waals surface area (Å²) in [6.45, 7) is 4.27. The van der Waals surface area contributed by atoms with Crippen molar-refractivity contribution in [3.8, 4) is 0 Å². The lowest BCUT2D eigenvalue weighted by molar-refractivity contribution is 0.147. The van der Waals surface area contributed by atoms with E-state index in [1.807, 2.05) is 6.92 Å². The first-order chi connectivity index (χ1) is 13.9. The summed E-state index contributed by atoms with van der Waals surface area (Å²) in [7, 11) is -4.17. The number of aliphatic hydroxyl groups is 1. The summed E-state index contributed by atoms with van der Waals surface area (Å²) in [5.74, 6) is 0. The zero-order valence-electron chi connectivity index (χ0n) is 19.4. The van der Waals surface area contributed by atoms with Gasteiger partial charge in [-0.3, -0.25) is 4.55 Å². The molecule has 0 rings (SSSR count). The second-order valence-electron chi connectivity index (χ2n) is 8.85. The Morgan fingerprint density at radius 3 is 1.24 bits per heavy atom. The topological polar surface area (TPSA) is 74.6 Å². The molecule has 29 heavy (non-hydrogen) atoms. The maximum atomic E-state index is 11.5. The minimum absolute atomic E-state index is 0.363. The molecule has 5 heteroatoms. The highest BCUT2D eigenvalue weighted by Crippen LogP contribution is 2.19. The van der Waals surface area contributed by atoms with Gasteiger partial charge < -0.3 is 5.11 Å². The molecule has 0 amide bonds. The molecule has 0 aliphatic rings. The fourth-order valence-electron chi connectivity index (χ4n) is 4.03. The van der Waals surface area contributed by atoms with Crippen LogP contribution in [0.5, 0.6) is 0 Å². The van der Waals surface area contributed by atoms with Crippen LogP contribution in [-0.4, -0.2) is 29.4 Å². The van der Waals surface area contributed by atoms with Crippen molar-refractivity contribution in [2.75, 3.05) is 0 Å². The summed E-state index contributed by atoms with van der Waals surface area (Å²) >= 11 is 0. The highest BCUT2D eigenvalue weighted by Gasteiger charge is 2.29. The average molecular weight is 435 g/mol. The van der Waals surface area contributed by atoms with Gasteiger partial charge in [0.25, 0.3) is 10.1 Å². The van der Waals surface area contributed by atoms with Gasteiger partial charge in [0, 0.05) is 0 Å². The van der Waals surface area contributed by atoms with Gasteiger partial charge in [0.05, 0.1) is 6.10 Å². The third kappa shape index (κ3) is 18.4. The van der Waals surface area contributed by atoms with E-state index in [0.717, 1.165) is 32.1 Å². The van der Waals surface area contributed by atoms with Gasteiger partial charge in [-0.05, 0) is 12.8 Å². The summed E-state index contributed by atoms with van der Waals surface area (Å²) < 4.78 is 32.4. The molecule has 0 aromatic heterocycles. The van der Waals surface area contributed by atoms with E-state index in [0.29, 0.717) is 12.8 Å². The van der Waals surface area contributed by atoms with E-state index < -0.39 is 21.5 Å². The number of hydrogen-bond acceptors (Lipinski definition) is 3. The van der Waals surface area contributed by atoms with Crippen LogP contribution in [0.2, 0.25) is 0 Å². The first-order valence-electron chi connectivity index (χ1n) is 12.6. The minimum Gasteiger partial charge on any atom is -0.392 e. The zero-order valence-corrected chi connectivity index (χ0v) is 20.2. The van der Waals surface area contributed by atoms with Gasteiger partial charge in [0.15, 0.2) is 0 Å². The van der Waals surface area contributed by atoms with Crippen molar-refractivity contribution < 1.29 is 18.1 Å². The zero-order chi connectivity index (χ0) is 21.8. The summed E-state index contributed by atoms with van der Waals surface area (Å²) in [6.07, 6.45) is 22.0. The molecular weight excluding hydrogens is 384 g/mol. The van der Waals surface area contributed by atoms with E-state index in [-0.39, 0.29) is 0 Å². The summed E-state index contributed by atoms with van der Waals surface area (Å²) in [5, 5.41) is 9.05. The van der Waals surface area contributed by atoms with Crippen molar-refractivity contribution in [1.29, 1.82) is 0 Å². The smallest absolute Gasteiger partial charge is 0.270 e. The van der Waals surface area contributed by atoms with Crippen LogP contribution in [0, 0.1) is 0 Å². The molecule has 0 saturated heterocycles. The van der Waals surface area contributed by atoms with Crippen LogP contribution < -0.4 is 0 Å². The van der Waals surface area contributed by atoms with Crippen molar-refractivity contribution in [2.24, 2.45) is 0 Å². The Morgan fingerprint density at radius 1 is 0.552 bits per heavy atom. The number of hydrogen-bond donors (Lipinski definition) is 2. The van der Waals surface area contributed by atoms with Crippen LogP contribution in [0.25, 0.3) is 0 Å². The van der Waals surface area contributed by atoms with E-state index in [4.69, 9.17) is 0 Å². The lowest BCUT2D eigenvalue weighted by atomic mass is 10.0. The lowest BCUT2D eigenvalue weighted by Crippen LogP contribution is -2.33. The number of rotatable bonds is 22. The number of unbranched alkanes of at least 4 members (excludes halogenated alkanes) is 16. The van der Waals surface area contributed by atoms with E-state index in [1.54, 1.807) is 0 Å². The van der Waals surface area contributed by atoms with E-state index >= 15 is 0 Å². The average Bonchev–Trinajstić information content (AvgIpc) is 2.67. The van der Waals surface area contributed by atoms with Crippen LogP contribution in [0.4, 0.5) is 0 Å². The maximum absolute atomic E-state index is 11.5. The lowest BCUT2D eigenvalue weighted by Gasteiger charge is -2.20. The molecule has 0 fully saturated rings. The fraction of sp³-hybridized carbons (Fsp3) is 1.00. The Labute approximate surface area is 182 Å². The molecule has 0 bridgehead atoms. The third-order valence-corrected chi connectivity index (χ3v) is 7.32. The molecule has 176 valence electrons. The monoisotopic (exact) mass is 434 g/mol. The molecule has 0 heterocycles. The third-order valence-electron chi connectivity index (χ3n) is 6.01. The highest BCUT2D eigenvalue weighted by atomic mass is 32.2. The molecule has 2 atom stereocenters. The van der Waals surface area contributed by atoms with Crippen LogP contribution in [-0.2, 0) is 10.1 Å². The van der Waals surface area contributed by atoms with Gasteiger partial charge >= 0.3 is 0 Å². The molecular formula is C24H50O4S. The van der Waals surface area contributed by atoms with Crippen molar-refractivity contribution in [2.45, 2.75) is 154 Å². The van der Waals surface area contributed by atoms with Crippen molar-refractivity contribution >= 4 is 10.1 Å². The van der Waals surface area contributed by atoms with Crippen molar-refractivity contribution in [1.82, 2.24) is 0 Å². The fourth-order valence-corrected chi connectivity index (χ4v) is 5.03. The molecule has 4 nitrogen and oxygen atoms in total. The first-order valence-corrected chi connectivity index (χ1v) is 14.1. The summed E-state index contributed by atoms with van der Waals surface area (Å²) in [4.78, 5) is 0. The van der Waals surface area contributed by atoms with Gasteiger partial charge in [-0.25, -0.2) is 0 Å². The van der Waals surface area contributed by atoms with E-state index in [9.17, 15) is 18.1 Å². The summed E-state index contributed by atoms with van der Waals surface area (Å²) in [5.41, 5.74) is 0. The first kappa shape index (κ1) is 28.9. The molecule has 2 N–H and O–H groups in total. The number of aliphatic hydroxyl groups excluding tert-OH is 1. The van der Waals surface area contributed by atoms with Crippen LogP contribution >= 0.6 is 0 Å². The van der Waals surface area contributed by atoms with Gasteiger partial charge in [-0.2, -0.15) is 8.42 Å². The SMILES string of the molecule is CCCCCCCCCCCCCCCCCCC(C(O)CCCC)S(=O)(=O)O. The Kier molecular flexibility index (Phi) is 19.7. The summed E-state index contributed by atoms with van der Waals surface area (Å²) in [6, 6.07) is 0. The molecule has 0 radical (unpaired) electrons. The Balaban J connectivity index is 3.53. The molecule has 2 unspecified atom stereocenters. The van der Waals surface area contributed by atoms with Gasteiger partial charge in [0.1, 0.15) is 5.25 Å². The maximum Gasteiger partial charge on any atom is 0.270 e. The molecule has 0 aliphatic heterocycles. The Morgan fingerprint density at radius 2 is 0.897 bits per heavy atom. The predicted molar refractivity (Wildman–Crippen MR) is 125 cm³/mol. The van der Waals surface area contributed by atoms with Crippen molar-refractivity contribution in [3.05, 3.63) is 0 Å². The Bertz CT molecular complexity index is 436. The van der Waals surface area contributed by atoms with Gasteiger partial charge in [-0.15, -0.1) is 0 Å². The molecule has 0 spiro atoms. The second kappa shape index (κ2) is 19.8. The molecule has 0 aromatic carbocycles. The van der Waals surface area contributed by atoms with Crippen LogP contribution in [0.15, 0.2) is 0 Å². The highest BCUT2D eigenvalue weighted by molar-refractivity contribution is 7.86. The molecule has 0 saturated carbocycles. The van der Waals surface area contributed by atoms with Gasteiger partial charge in [0.2, 0.25) is 0 Å². The Hall–Kier alpha value is -0.130. The van der Waals surface area contributed by atoms with Crippen molar-refractivity contribution in [3.63, 3.8) is 0 Å². The standard InChI is InChI=1S/C24H50O4S/c1-3-5-7-8-9-10-11-12-13-14-15-16-17-18-19-20-22-24(29(26,27)28)23(25)21-6-4-2/h23-25H,3-22H2,1-2H3,(H,26,27,28). The van der Waals surface area contributed by atoms with Crippen LogP contribution in [0.3, 0.4) is 0 Å². The van der Waals surface area contributed by atoms with Crippen LogP contribution in [0.1, 0.15) is 142 Å². The quantitative estimate of drug-likeness (QED) is 0.137. The predicted octanol–water partition coefficient (Wildman–Crippen LogP) is 7.45. The second-order valence-corrected chi connectivity index (χ2v) is 10.5. The largest absolute Gasteiger partial charge is 0.392 e. The molecule has 0 aliphatic carbocycles. The van der Waals surface area contributed by atoms with Gasteiger partial charge in [-0.1, -0.05) is 129 Å². The minimum atomic E-state index is -4.17. The molecule has 0 aromatic rings. The van der Waals surface area contributed by atoms with E-state index in [2.05, 4.69) is 6.92 Å².